The molecule has 2 rings (SSSR count). The molecule has 0 saturated carbocycles. The molecule has 1 N–H and O–H groups in total. The molecule has 0 unspecified atom stereocenters. The summed E-state index contributed by atoms with van der Waals surface area (Å²) in [6, 6.07) is 5.93. The monoisotopic (exact) mass is 290 g/mol. The first kappa shape index (κ1) is 15.4. The highest BCUT2D eigenvalue weighted by Gasteiger charge is 2.27. The molecule has 5 heteroatoms. The smallest absolute Gasteiger partial charge is 0.305 e. The molecule has 1 heterocycles. The van der Waals surface area contributed by atoms with Crippen molar-refractivity contribution < 1.29 is 14.7 Å². The van der Waals surface area contributed by atoms with Crippen LogP contribution in [0.1, 0.15) is 31.7 Å². The Morgan fingerprint density at radius 1 is 1.43 bits per heavy atom. The van der Waals surface area contributed by atoms with Gasteiger partial charge in [-0.1, -0.05) is 13.3 Å². The number of aliphatic carboxylic acids is 1. The second-order valence-corrected chi connectivity index (χ2v) is 5.45. The molecule has 1 aromatic rings. The van der Waals surface area contributed by atoms with Gasteiger partial charge >= 0.3 is 5.97 Å². The highest BCUT2D eigenvalue weighted by Crippen LogP contribution is 2.32. The van der Waals surface area contributed by atoms with Gasteiger partial charge in [-0.25, -0.2) is 0 Å². The number of hydrogen-bond acceptors (Lipinski definition) is 3. The largest absolute Gasteiger partial charge is 0.481 e. The fraction of sp³-hybridized carbons (Fsp3) is 0.500. The number of anilines is 2. The van der Waals surface area contributed by atoms with Crippen molar-refractivity contribution in [2.24, 2.45) is 0 Å². The van der Waals surface area contributed by atoms with E-state index in [2.05, 4.69) is 6.92 Å². The summed E-state index contributed by atoms with van der Waals surface area (Å²) in [6.07, 6.45) is 2.62. The standard InChI is InChI=1S/C16H22N2O3/c1-3-4-8-18-14-6-5-13(10-12(14)11-15(18)19)17(2)9-7-16(20)21/h5-6,10H,3-4,7-9,11H2,1-2H3,(H,20,21). The van der Waals surface area contributed by atoms with Gasteiger partial charge in [-0.15, -0.1) is 0 Å². The number of rotatable bonds is 7. The Kier molecular flexibility index (Phi) is 4.83. The molecule has 0 aliphatic carbocycles. The van der Waals surface area contributed by atoms with Crippen molar-refractivity contribution in [3.05, 3.63) is 23.8 Å². The molecule has 0 bridgehead atoms. The minimum Gasteiger partial charge on any atom is -0.481 e. The number of hydrogen-bond donors (Lipinski definition) is 1. The maximum Gasteiger partial charge on any atom is 0.305 e. The molecule has 0 saturated heterocycles. The molecule has 1 aliphatic rings. The molecule has 5 nitrogen and oxygen atoms in total. The van der Waals surface area contributed by atoms with E-state index in [4.69, 9.17) is 5.11 Å². The van der Waals surface area contributed by atoms with E-state index < -0.39 is 5.97 Å². The lowest BCUT2D eigenvalue weighted by Gasteiger charge is -2.21. The Labute approximate surface area is 125 Å². The van der Waals surface area contributed by atoms with Gasteiger partial charge in [0.05, 0.1) is 12.8 Å². The molecule has 1 aromatic carbocycles. The highest BCUT2D eigenvalue weighted by molar-refractivity contribution is 6.01. The Morgan fingerprint density at radius 3 is 2.86 bits per heavy atom. The van der Waals surface area contributed by atoms with Crippen LogP contribution in [0.2, 0.25) is 0 Å². The normalized spacial score (nSPS) is 13.4. The first-order chi connectivity index (χ1) is 10.0. The maximum absolute atomic E-state index is 12.1. The lowest BCUT2D eigenvalue weighted by molar-refractivity contribution is -0.136. The molecule has 114 valence electrons. The zero-order valence-corrected chi connectivity index (χ0v) is 12.6. The van der Waals surface area contributed by atoms with E-state index in [0.717, 1.165) is 36.3 Å². The maximum atomic E-state index is 12.1. The quantitative estimate of drug-likeness (QED) is 0.837. The van der Waals surface area contributed by atoms with Crippen LogP contribution in [-0.2, 0) is 16.0 Å². The third kappa shape index (κ3) is 3.54. The molecule has 0 radical (unpaired) electrons. The van der Waals surface area contributed by atoms with E-state index in [1.807, 2.05) is 35.0 Å². The molecule has 1 aliphatic heterocycles. The van der Waals surface area contributed by atoms with Gasteiger partial charge in [-0.2, -0.15) is 0 Å². The van der Waals surface area contributed by atoms with E-state index in [0.29, 0.717) is 13.0 Å². The number of carboxylic acid groups (broad SMARTS) is 1. The number of nitrogens with zero attached hydrogens (tertiary/aromatic N) is 2. The van der Waals surface area contributed by atoms with Gasteiger partial charge in [0.1, 0.15) is 0 Å². The lowest BCUT2D eigenvalue weighted by Crippen LogP contribution is -2.27. The predicted molar refractivity (Wildman–Crippen MR) is 82.9 cm³/mol. The molecule has 0 atom stereocenters. The zero-order chi connectivity index (χ0) is 15.4. The second-order valence-electron chi connectivity index (χ2n) is 5.45. The zero-order valence-electron chi connectivity index (χ0n) is 12.6. The first-order valence-corrected chi connectivity index (χ1v) is 7.39. The average Bonchev–Trinajstić information content (AvgIpc) is 2.77. The van der Waals surface area contributed by atoms with Gasteiger partial charge in [-0.3, -0.25) is 9.59 Å². The van der Waals surface area contributed by atoms with Gasteiger partial charge in [-0.05, 0) is 30.2 Å². The van der Waals surface area contributed by atoms with E-state index in [1.165, 1.54) is 0 Å². The average molecular weight is 290 g/mol. The Bertz CT molecular complexity index is 542. The summed E-state index contributed by atoms with van der Waals surface area (Å²) < 4.78 is 0. The van der Waals surface area contributed by atoms with Gasteiger partial charge in [0.15, 0.2) is 0 Å². The molecule has 0 spiro atoms. The SMILES string of the molecule is CCCCN1C(=O)Cc2cc(N(C)CCC(=O)O)ccc21. The second kappa shape index (κ2) is 6.61. The van der Waals surface area contributed by atoms with Crippen molar-refractivity contribution >= 4 is 23.3 Å². The van der Waals surface area contributed by atoms with Gasteiger partial charge in [0.25, 0.3) is 0 Å². The number of fused-ring (bicyclic) bond motifs is 1. The first-order valence-electron chi connectivity index (χ1n) is 7.39. The van der Waals surface area contributed by atoms with Crippen molar-refractivity contribution in [3.63, 3.8) is 0 Å². The van der Waals surface area contributed by atoms with Crippen molar-refractivity contribution in [3.8, 4) is 0 Å². The van der Waals surface area contributed by atoms with Crippen molar-refractivity contribution in [1.82, 2.24) is 0 Å². The van der Waals surface area contributed by atoms with Gasteiger partial charge in [0, 0.05) is 31.5 Å². The van der Waals surface area contributed by atoms with Gasteiger partial charge in [0.2, 0.25) is 5.91 Å². The van der Waals surface area contributed by atoms with E-state index in [-0.39, 0.29) is 12.3 Å². The summed E-state index contributed by atoms with van der Waals surface area (Å²) in [4.78, 5) is 26.5. The molecular weight excluding hydrogens is 268 g/mol. The number of carbonyl (C=O) groups is 2. The summed E-state index contributed by atoms with van der Waals surface area (Å²) in [5, 5.41) is 8.74. The number of carboxylic acids is 1. The number of amides is 1. The van der Waals surface area contributed by atoms with Crippen LogP contribution in [0.15, 0.2) is 18.2 Å². The van der Waals surface area contributed by atoms with E-state index >= 15 is 0 Å². The summed E-state index contributed by atoms with van der Waals surface area (Å²) >= 11 is 0. The Morgan fingerprint density at radius 2 is 2.19 bits per heavy atom. The van der Waals surface area contributed by atoms with Crippen LogP contribution in [0.5, 0.6) is 0 Å². The van der Waals surface area contributed by atoms with Crippen LogP contribution in [0.25, 0.3) is 0 Å². The van der Waals surface area contributed by atoms with Crippen LogP contribution < -0.4 is 9.80 Å². The van der Waals surface area contributed by atoms with Crippen LogP contribution >= 0.6 is 0 Å². The third-order valence-corrected chi connectivity index (χ3v) is 3.83. The summed E-state index contributed by atoms with van der Waals surface area (Å²) in [6.45, 7) is 3.35. The van der Waals surface area contributed by atoms with Crippen molar-refractivity contribution in [2.75, 3.05) is 29.9 Å². The summed E-state index contributed by atoms with van der Waals surface area (Å²) in [5.41, 5.74) is 3.00. The molecule has 0 fully saturated rings. The highest BCUT2D eigenvalue weighted by atomic mass is 16.4. The van der Waals surface area contributed by atoms with Crippen LogP contribution in [0.3, 0.4) is 0 Å². The topological polar surface area (TPSA) is 60.9 Å². The fourth-order valence-corrected chi connectivity index (χ4v) is 2.56. The Hall–Kier alpha value is -2.04. The van der Waals surface area contributed by atoms with E-state index in [1.54, 1.807) is 0 Å². The molecule has 0 aromatic heterocycles. The minimum atomic E-state index is -0.802. The molecular formula is C16H22N2O3. The van der Waals surface area contributed by atoms with Gasteiger partial charge < -0.3 is 14.9 Å². The molecule has 21 heavy (non-hydrogen) atoms. The number of carbonyl (C=O) groups excluding carboxylic acids is 1. The molecule has 1 amide bonds. The fourth-order valence-electron chi connectivity index (χ4n) is 2.56. The number of unbranched alkanes of at least 4 members (excludes halogenated alkanes) is 1. The van der Waals surface area contributed by atoms with Crippen molar-refractivity contribution in [1.29, 1.82) is 0 Å². The summed E-state index contributed by atoms with van der Waals surface area (Å²) in [7, 11) is 1.87. The van der Waals surface area contributed by atoms with Crippen LogP contribution in [0, 0.1) is 0 Å². The number of benzene rings is 1. The van der Waals surface area contributed by atoms with Crippen LogP contribution in [0.4, 0.5) is 11.4 Å². The van der Waals surface area contributed by atoms with Crippen LogP contribution in [-0.4, -0.2) is 37.1 Å². The third-order valence-electron chi connectivity index (χ3n) is 3.83. The Balaban J connectivity index is 2.12. The van der Waals surface area contributed by atoms with Crippen molar-refractivity contribution in [2.45, 2.75) is 32.6 Å². The minimum absolute atomic E-state index is 0.106. The summed E-state index contributed by atoms with van der Waals surface area (Å²) in [5.74, 6) is -0.646. The predicted octanol–water partition coefficient (Wildman–Crippen LogP) is 2.29. The van der Waals surface area contributed by atoms with E-state index in [9.17, 15) is 9.59 Å². The lowest BCUT2D eigenvalue weighted by atomic mass is 10.1.